The van der Waals surface area contributed by atoms with Gasteiger partial charge in [-0.3, -0.25) is 9.59 Å². The molecule has 2 amide bonds. The van der Waals surface area contributed by atoms with Gasteiger partial charge in [0.25, 0.3) is 5.91 Å². The van der Waals surface area contributed by atoms with Crippen LogP contribution in [0.15, 0.2) is 24.3 Å². The Morgan fingerprint density at radius 2 is 2.10 bits per heavy atom. The molecule has 21 heavy (non-hydrogen) atoms. The Morgan fingerprint density at radius 3 is 2.67 bits per heavy atom. The van der Waals surface area contributed by atoms with Gasteiger partial charge in [0.1, 0.15) is 17.6 Å². The van der Waals surface area contributed by atoms with Crippen LogP contribution in [0.3, 0.4) is 0 Å². The molecule has 4 N–H and O–H groups in total. The van der Waals surface area contributed by atoms with E-state index < -0.39 is 29.8 Å². The lowest BCUT2D eigenvalue weighted by Crippen LogP contribution is -2.51. The van der Waals surface area contributed by atoms with Crippen molar-refractivity contribution in [2.75, 3.05) is 7.05 Å². The van der Waals surface area contributed by atoms with Crippen LogP contribution in [0.25, 0.3) is 10.9 Å². The summed E-state index contributed by atoms with van der Waals surface area (Å²) in [5, 5.41) is 14.6. The molecule has 2 aromatic rings. The second-order valence-electron chi connectivity index (χ2n) is 4.69. The van der Waals surface area contributed by atoms with Gasteiger partial charge >= 0.3 is 0 Å². The molecule has 0 bridgehead atoms. The molecule has 6 nitrogen and oxygen atoms in total. The van der Waals surface area contributed by atoms with Crippen molar-refractivity contribution in [3.8, 4) is 0 Å². The van der Waals surface area contributed by atoms with E-state index in [1.807, 2.05) is 0 Å². The number of aliphatic hydroxyl groups excluding tert-OH is 1. The first kappa shape index (κ1) is 15.0. The van der Waals surface area contributed by atoms with Crippen LogP contribution in [-0.4, -0.2) is 41.1 Å². The first-order valence-corrected chi connectivity index (χ1v) is 6.41. The lowest BCUT2D eigenvalue weighted by atomic mass is 10.1. The monoisotopic (exact) mass is 293 g/mol. The van der Waals surface area contributed by atoms with Crippen LogP contribution in [0.4, 0.5) is 4.39 Å². The molecule has 0 aliphatic heterocycles. The van der Waals surface area contributed by atoms with Gasteiger partial charge in [0.2, 0.25) is 5.91 Å². The molecular weight excluding hydrogens is 277 g/mol. The molecule has 0 radical (unpaired) electrons. The highest BCUT2D eigenvalue weighted by molar-refractivity contribution is 6.00. The van der Waals surface area contributed by atoms with Crippen LogP contribution >= 0.6 is 0 Å². The van der Waals surface area contributed by atoms with Gasteiger partial charge in [-0.2, -0.15) is 0 Å². The van der Waals surface area contributed by atoms with Crippen LogP contribution < -0.4 is 10.6 Å². The number of likely N-dealkylation sites (N-methyl/N-ethyl adjacent to an activating group) is 1. The van der Waals surface area contributed by atoms with Crippen molar-refractivity contribution in [2.45, 2.75) is 19.1 Å². The molecule has 2 rings (SSSR count). The highest BCUT2D eigenvalue weighted by Gasteiger charge is 2.25. The van der Waals surface area contributed by atoms with E-state index in [1.54, 1.807) is 6.07 Å². The number of carbonyl (C=O) groups excluding carboxylic acids is 2. The lowest BCUT2D eigenvalue weighted by molar-refractivity contribution is -0.124. The van der Waals surface area contributed by atoms with E-state index in [0.717, 1.165) is 0 Å². The van der Waals surface area contributed by atoms with Gasteiger partial charge in [-0.25, -0.2) is 4.39 Å². The van der Waals surface area contributed by atoms with Gasteiger partial charge in [-0.1, -0.05) is 6.07 Å². The van der Waals surface area contributed by atoms with Crippen molar-refractivity contribution < 1.29 is 19.1 Å². The summed E-state index contributed by atoms with van der Waals surface area (Å²) in [5.41, 5.74) is 0.596. The van der Waals surface area contributed by atoms with Gasteiger partial charge < -0.3 is 20.7 Å². The number of halogens is 1. The topological polar surface area (TPSA) is 94.2 Å². The normalized spacial score (nSPS) is 13.7. The standard InChI is InChI=1S/C14H16FN3O3/c1-7(19)12(14(21)16-2)18-13(20)11-6-8-9(15)4-3-5-10(8)17-11/h3-7,12,17,19H,1-2H3,(H,16,21)(H,18,20)/t7-,12+/m1/s1. The first-order chi connectivity index (χ1) is 9.93. The number of rotatable bonds is 4. The zero-order valence-corrected chi connectivity index (χ0v) is 11.6. The zero-order valence-electron chi connectivity index (χ0n) is 11.6. The molecule has 0 fully saturated rings. The second-order valence-corrected chi connectivity index (χ2v) is 4.69. The first-order valence-electron chi connectivity index (χ1n) is 6.41. The fraction of sp³-hybridized carbons (Fsp3) is 0.286. The smallest absolute Gasteiger partial charge is 0.268 e. The molecule has 0 spiro atoms. The summed E-state index contributed by atoms with van der Waals surface area (Å²) in [7, 11) is 1.40. The van der Waals surface area contributed by atoms with E-state index >= 15 is 0 Å². The fourth-order valence-electron chi connectivity index (χ4n) is 2.02. The molecule has 0 saturated heterocycles. The second kappa shape index (κ2) is 5.92. The predicted molar refractivity (Wildman–Crippen MR) is 75.3 cm³/mol. The summed E-state index contributed by atoms with van der Waals surface area (Å²) in [6.45, 7) is 1.39. The van der Waals surface area contributed by atoms with Crippen molar-refractivity contribution in [1.82, 2.24) is 15.6 Å². The van der Waals surface area contributed by atoms with Crippen molar-refractivity contribution in [2.24, 2.45) is 0 Å². The molecule has 1 heterocycles. The number of aromatic amines is 1. The minimum Gasteiger partial charge on any atom is -0.391 e. The number of H-pyrrole nitrogens is 1. The van der Waals surface area contributed by atoms with Crippen molar-refractivity contribution in [3.05, 3.63) is 35.8 Å². The number of fused-ring (bicyclic) bond motifs is 1. The van der Waals surface area contributed by atoms with Crippen LogP contribution in [0.5, 0.6) is 0 Å². The zero-order chi connectivity index (χ0) is 15.6. The third-order valence-electron chi connectivity index (χ3n) is 3.15. The number of hydrogen-bond acceptors (Lipinski definition) is 3. The van der Waals surface area contributed by atoms with E-state index in [-0.39, 0.29) is 11.1 Å². The SMILES string of the molecule is CNC(=O)[C@@H](NC(=O)c1cc2c(F)cccc2[nH]1)[C@@H](C)O. The van der Waals surface area contributed by atoms with Crippen molar-refractivity contribution in [1.29, 1.82) is 0 Å². The Balaban J connectivity index is 2.25. The van der Waals surface area contributed by atoms with Crippen LogP contribution in [0, 0.1) is 5.82 Å². The van der Waals surface area contributed by atoms with Gasteiger partial charge in [-0.15, -0.1) is 0 Å². The lowest BCUT2D eigenvalue weighted by Gasteiger charge is -2.19. The molecule has 0 unspecified atom stereocenters. The molecule has 7 heteroatoms. The summed E-state index contributed by atoms with van der Waals surface area (Å²) in [6.07, 6.45) is -1.06. The Kier molecular flexibility index (Phi) is 4.23. The van der Waals surface area contributed by atoms with E-state index in [2.05, 4.69) is 15.6 Å². The van der Waals surface area contributed by atoms with E-state index in [9.17, 15) is 19.1 Å². The van der Waals surface area contributed by atoms with Gasteiger partial charge in [0.15, 0.2) is 0 Å². The van der Waals surface area contributed by atoms with Gasteiger partial charge in [0.05, 0.1) is 6.10 Å². The largest absolute Gasteiger partial charge is 0.391 e. The number of hydrogen-bond donors (Lipinski definition) is 4. The van der Waals surface area contributed by atoms with Crippen molar-refractivity contribution >= 4 is 22.7 Å². The minimum atomic E-state index is -1.08. The molecule has 2 atom stereocenters. The number of nitrogens with one attached hydrogen (secondary N) is 3. The van der Waals surface area contributed by atoms with Crippen LogP contribution in [-0.2, 0) is 4.79 Å². The molecule has 112 valence electrons. The van der Waals surface area contributed by atoms with Crippen LogP contribution in [0.2, 0.25) is 0 Å². The maximum atomic E-state index is 13.6. The quantitative estimate of drug-likeness (QED) is 0.662. The van der Waals surface area contributed by atoms with E-state index in [0.29, 0.717) is 5.52 Å². The van der Waals surface area contributed by atoms with E-state index in [4.69, 9.17) is 0 Å². The molecule has 1 aromatic carbocycles. The average Bonchev–Trinajstić information content (AvgIpc) is 2.89. The van der Waals surface area contributed by atoms with Crippen LogP contribution in [0.1, 0.15) is 17.4 Å². The molecular formula is C14H16FN3O3. The molecule has 0 aliphatic rings. The third-order valence-corrected chi connectivity index (χ3v) is 3.15. The maximum absolute atomic E-state index is 13.6. The van der Waals surface area contributed by atoms with E-state index in [1.165, 1.54) is 32.2 Å². The Morgan fingerprint density at radius 1 is 1.38 bits per heavy atom. The van der Waals surface area contributed by atoms with Gasteiger partial charge in [0, 0.05) is 18.0 Å². The highest BCUT2D eigenvalue weighted by atomic mass is 19.1. The summed E-state index contributed by atoms with van der Waals surface area (Å²) in [5.74, 6) is -1.55. The number of aliphatic hydroxyl groups is 1. The molecule has 0 saturated carbocycles. The average molecular weight is 293 g/mol. The maximum Gasteiger partial charge on any atom is 0.268 e. The summed E-state index contributed by atoms with van der Waals surface area (Å²) in [4.78, 5) is 26.5. The summed E-state index contributed by atoms with van der Waals surface area (Å²) < 4.78 is 13.6. The minimum absolute atomic E-state index is 0.115. The summed E-state index contributed by atoms with van der Waals surface area (Å²) in [6, 6.07) is 4.74. The number of carbonyl (C=O) groups is 2. The number of benzene rings is 1. The highest BCUT2D eigenvalue weighted by Crippen LogP contribution is 2.18. The Bertz CT molecular complexity index is 681. The third kappa shape index (κ3) is 3.03. The Hall–Kier alpha value is -2.41. The number of aromatic nitrogens is 1. The Labute approximate surface area is 120 Å². The molecule has 0 aliphatic carbocycles. The number of amides is 2. The fourth-order valence-corrected chi connectivity index (χ4v) is 2.02. The van der Waals surface area contributed by atoms with Crippen molar-refractivity contribution in [3.63, 3.8) is 0 Å². The summed E-state index contributed by atoms with van der Waals surface area (Å²) >= 11 is 0. The molecule has 1 aromatic heterocycles. The van der Waals surface area contributed by atoms with Gasteiger partial charge in [-0.05, 0) is 25.1 Å². The predicted octanol–water partition coefficient (Wildman–Crippen LogP) is 0.532.